The summed E-state index contributed by atoms with van der Waals surface area (Å²) in [6, 6.07) is 13.4. The predicted octanol–water partition coefficient (Wildman–Crippen LogP) is 2.55. The molecule has 0 unspecified atom stereocenters. The molecule has 2 aromatic rings. The fourth-order valence-corrected chi connectivity index (χ4v) is 3.88. The zero-order valence-corrected chi connectivity index (χ0v) is 15.1. The Morgan fingerprint density at radius 1 is 1.33 bits per heavy atom. The molecule has 2 N–H and O–H groups in total. The van der Waals surface area contributed by atoms with Crippen LogP contribution in [0, 0.1) is 18.3 Å². The highest BCUT2D eigenvalue weighted by Gasteiger charge is 2.34. The van der Waals surface area contributed by atoms with E-state index in [0.29, 0.717) is 17.9 Å². The molecular formula is C21H21N3O3. The SMILES string of the molecule is Cc1cc2c(c(=O)n1C[C@@H]1CCCO1)[C@H](c1ccccc1)C(C#N)=C(N)O2. The summed E-state index contributed by atoms with van der Waals surface area (Å²) in [5.41, 5.74) is 8.19. The Kier molecular flexibility index (Phi) is 4.46. The van der Waals surface area contributed by atoms with Gasteiger partial charge in [-0.1, -0.05) is 30.3 Å². The fraction of sp³-hybridized carbons (Fsp3) is 0.333. The Bertz CT molecular complexity index is 996. The lowest BCUT2D eigenvalue weighted by Gasteiger charge is -2.27. The number of nitrogens with zero attached hydrogens (tertiary/aromatic N) is 2. The monoisotopic (exact) mass is 363 g/mol. The summed E-state index contributed by atoms with van der Waals surface area (Å²) in [6.45, 7) is 3.11. The zero-order valence-electron chi connectivity index (χ0n) is 15.1. The van der Waals surface area contributed by atoms with Crippen molar-refractivity contribution in [3.63, 3.8) is 0 Å². The third-order valence-electron chi connectivity index (χ3n) is 5.23. The number of fused-ring (bicyclic) bond motifs is 1. The van der Waals surface area contributed by atoms with Crippen molar-refractivity contribution < 1.29 is 9.47 Å². The molecule has 0 amide bonds. The summed E-state index contributed by atoms with van der Waals surface area (Å²) < 4.78 is 13.1. The highest BCUT2D eigenvalue weighted by atomic mass is 16.5. The van der Waals surface area contributed by atoms with Crippen LogP contribution in [0.4, 0.5) is 0 Å². The lowest BCUT2D eigenvalue weighted by molar-refractivity contribution is 0.0955. The Balaban J connectivity index is 1.89. The van der Waals surface area contributed by atoms with E-state index in [0.717, 1.165) is 30.7 Å². The van der Waals surface area contributed by atoms with Gasteiger partial charge in [0.25, 0.3) is 5.56 Å². The summed E-state index contributed by atoms with van der Waals surface area (Å²) in [5, 5.41) is 9.67. The minimum atomic E-state index is -0.538. The van der Waals surface area contributed by atoms with Crippen LogP contribution in [-0.4, -0.2) is 17.3 Å². The number of nitrogens with two attached hydrogens (primary N) is 1. The number of benzene rings is 1. The maximum absolute atomic E-state index is 13.4. The Morgan fingerprint density at radius 2 is 2.11 bits per heavy atom. The van der Waals surface area contributed by atoms with Gasteiger partial charge in [0, 0.05) is 18.4 Å². The second kappa shape index (κ2) is 6.93. The van der Waals surface area contributed by atoms with Crippen molar-refractivity contribution in [2.24, 2.45) is 5.73 Å². The van der Waals surface area contributed by atoms with E-state index >= 15 is 0 Å². The summed E-state index contributed by atoms with van der Waals surface area (Å²) in [5.74, 6) is -0.0650. The maximum atomic E-state index is 13.4. The molecule has 1 aromatic heterocycles. The minimum absolute atomic E-state index is 0.0372. The van der Waals surface area contributed by atoms with Crippen LogP contribution in [-0.2, 0) is 11.3 Å². The second-order valence-electron chi connectivity index (χ2n) is 6.95. The van der Waals surface area contributed by atoms with Gasteiger partial charge in [-0.25, -0.2) is 0 Å². The topological polar surface area (TPSA) is 90.3 Å². The maximum Gasteiger partial charge on any atom is 0.258 e. The van der Waals surface area contributed by atoms with Crippen molar-refractivity contribution in [2.45, 2.75) is 38.3 Å². The van der Waals surface area contributed by atoms with E-state index in [9.17, 15) is 10.1 Å². The smallest absolute Gasteiger partial charge is 0.258 e. The molecule has 4 rings (SSSR count). The van der Waals surface area contributed by atoms with Crippen LogP contribution in [0.25, 0.3) is 0 Å². The van der Waals surface area contributed by atoms with E-state index in [-0.39, 0.29) is 23.1 Å². The molecule has 0 radical (unpaired) electrons. The average molecular weight is 363 g/mol. The first kappa shape index (κ1) is 17.4. The van der Waals surface area contributed by atoms with Crippen LogP contribution in [0.1, 0.15) is 35.6 Å². The second-order valence-corrected chi connectivity index (χ2v) is 6.95. The number of pyridine rings is 1. The molecule has 0 saturated carbocycles. The molecule has 2 aliphatic rings. The van der Waals surface area contributed by atoms with Gasteiger partial charge in [-0.2, -0.15) is 5.26 Å². The highest BCUT2D eigenvalue weighted by Crippen LogP contribution is 2.40. The van der Waals surface area contributed by atoms with E-state index in [1.807, 2.05) is 43.3 Å². The quantitative estimate of drug-likeness (QED) is 0.905. The van der Waals surface area contributed by atoms with Gasteiger partial charge in [-0.15, -0.1) is 0 Å². The summed E-state index contributed by atoms with van der Waals surface area (Å²) >= 11 is 0. The van der Waals surface area contributed by atoms with E-state index < -0.39 is 5.92 Å². The molecule has 138 valence electrons. The van der Waals surface area contributed by atoms with E-state index in [4.69, 9.17) is 15.2 Å². The molecule has 27 heavy (non-hydrogen) atoms. The van der Waals surface area contributed by atoms with Crippen LogP contribution in [0.15, 0.2) is 52.6 Å². The van der Waals surface area contributed by atoms with Crippen molar-refractivity contribution >= 4 is 0 Å². The standard InChI is InChI=1S/C21H21N3O3/c1-13-10-17-19(21(25)24(13)12-15-8-5-9-26-15)18(14-6-3-2-4-7-14)16(11-22)20(23)27-17/h2-4,6-7,10,15,18H,5,8-9,12,23H2,1H3/t15-,18+/m0/s1. The van der Waals surface area contributed by atoms with Crippen molar-refractivity contribution in [1.29, 1.82) is 5.26 Å². The first-order valence-electron chi connectivity index (χ1n) is 9.08. The minimum Gasteiger partial charge on any atom is -0.440 e. The lowest BCUT2D eigenvalue weighted by Crippen LogP contribution is -2.35. The van der Waals surface area contributed by atoms with Gasteiger partial charge in [0.15, 0.2) is 0 Å². The van der Waals surface area contributed by atoms with Crippen LogP contribution < -0.4 is 16.0 Å². The largest absolute Gasteiger partial charge is 0.440 e. The van der Waals surface area contributed by atoms with Gasteiger partial charge in [-0.3, -0.25) is 4.79 Å². The third-order valence-corrected chi connectivity index (χ3v) is 5.23. The van der Waals surface area contributed by atoms with Crippen molar-refractivity contribution in [1.82, 2.24) is 4.57 Å². The molecule has 2 aliphatic heterocycles. The summed E-state index contributed by atoms with van der Waals surface area (Å²) in [4.78, 5) is 13.4. The van der Waals surface area contributed by atoms with Gasteiger partial charge < -0.3 is 19.8 Å². The molecule has 6 nitrogen and oxygen atoms in total. The average Bonchev–Trinajstić information content (AvgIpc) is 3.18. The molecule has 6 heteroatoms. The molecule has 0 spiro atoms. The van der Waals surface area contributed by atoms with Crippen LogP contribution in [0.2, 0.25) is 0 Å². The van der Waals surface area contributed by atoms with Crippen LogP contribution >= 0.6 is 0 Å². The number of allylic oxidation sites excluding steroid dienone is 1. The zero-order chi connectivity index (χ0) is 19.0. The Labute approximate surface area is 157 Å². The predicted molar refractivity (Wildman–Crippen MR) is 100 cm³/mol. The summed E-state index contributed by atoms with van der Waals surface area (Å²) in [6.07, 6.45) is 1.99. The Hall–Kier alpha value is -3.04. The number of nitriles is 1. The first-order chi connectivity index (χ1) is 13.1. The number of hydrogen-bond donors (Lipinski definition) is 1. The molecule has 2 atom stereocenters. The number of hydrogen-bond acceptors (Lipinski definition) is 5. The van der Waals surface area contributed by atoms with Crippen molar-refractivity contribution in [2.75, 3.05) is 6.61 Å². The van der Waals surface area contributed by atoms with E-state index in [1.54, 1.807) is 4.57 Å². The summed E-state index contributed by atoms with van der Waals surface area (Å²) in [7, 11) is 0. The molecular weight excluding hydrogens is 342 g/mol. The van der Waals surface area contributed by atoms with Gasteiger partial charge in [0.1, 0.15) is 17.4 Å². The molecule has 1 saturated heterocycles. The highest BCUT2D eigenvalue weighted by molar-refractivity contribution is 5.55. The number of ether oxygens (including phenoxy) is 2. The Morgan fingerprint density at radius 3 is 2.78 bits per heavy atom. The molecule has 0 bridgehead atoms. The van der Waals surface area contributed by atoms with Gasteiger partial charge >= 0.3 is 0 Å². The van der Waals surface area contributed by atoms with Crippen LogP contribution in [0.5, 0.6) is 5.75 Å². The van der Waals surface area contributed by atoms with Crippen molar-refractivity contribution in [3.8, 4) is 11.8 Å². The van der Waals surface area contributed by atoms with E-state index in [1.165, 1.54) is 0 Å². The third kappa shape index (κ3) is 3.00. The number of aryl methyl sites for hydroxylation is 1. The van der Waals surface area contributed by atoms with Crippen molar-refractivity contribution in [3.05, 3.63) is 75.0 Å². The molecule has 1 fully saturated rings. The van der Waals surface area contributed by atoms with E-state index in [2.05, 4.69) is 6.07 Å². The first-order valence-corrected chi connectivity index (χ1v) is 9.08. The fourth-order valence-electron chi connectivity index (χ4n) is 3.88. The molecule has 3 heterocycles. The van der Waals surface area contributed by atoms with Gasteiger partial charge in [-0.05, 0) is 25.3 Å². The number of rotatable bonds is 3. The van der Waals surface area contributed by atoms with Crippen LogP contribution in [0.3, 0.4) is 0 Å². The molecule has 1 aromatic carbocycles. The normalized spacial score (nSPS) is 21.5. The number of aromatic nitrogens is 1. The molecule has 0 aliphatic carbocycles. The van der Waals surface area contributed by atoms with Gasteiger partial charge in [0.2, 0.25) is 5.88 Å². The lowest BCUT2D eigenvalue weighted by atomic mass is 9.84. The van der Waals surface area contributed by atoms with Gasteiger partial charge in [0.05, 0.1) is 24.1 Å².